The Morgan fingerprint density at radius 2 is 2.12 bits per heavy atom. The predicted molar refractivity (Wildman–Crippen MR) is 89.6 cm³/mol. The van der Waals surface area contributed by atoms with Crippen LogP contribution in [0.1, 0.15) is 23.0 Å². The highest BCUT2D eigenvalue weighted by molar-refractivity contribution is 7.14. The van der Waals surface area contributed by atoms with Crippen molar-refractivity contribution in [1.82, 2.24) is 9.88 Å². The van der Waals surface area contributed by atoms with Crippen molar-refractivity contribution in [3.05, 3.63) is 46.7 Å². The number of amides is 2. The molecule has 25 heavy (non-hydrogen) atoms. The highest BCUT2D eigenvalue weighted by Crippen LogP contribution is 2.16. The molecule has 0 saturated carbocycles. The Bertz CT molecular complexity index is 793. The van der Waals surface area contributed by atoms with Crippen LogP contribution in [0.4, 0.5) is 9.52 Å². The zero-order valence-electron chi connectivity index (χ0n) is 13.6. The van der Waals surface area contributed by atoms with Gasteiger partial charge in [-0.3, -0.25) is 9.59 Å². The second kappa shape index (κ2) is 8.34. The quantitative estimate of drug-likeness (QED) is 0.792. The number of nitrogens with zero attached hydrogens (tertiary/aromatic N) is 2. The van der Waals surface area contributed by atoms with Gasteiger partial charge in [-0.1, -0.05) is 12.1 Å². The lowest BCUT2D eigenvalue weighted by atomic mass is 10.2. The van der Waals surface area contributed by atoms with Crippen LogP contribution in [0.2, 0.25) is 0 Å². The molecule has 0 aliphatic rings. The average molecular weight is 365 g/mol. The van der Waals surface area contributed by atoms with Crippen LogP contribution in [-0.4, -0.2) is 41.3 Å². The smallest absolute Gasteiger partial charge is 0.358 e. The van der Waals surface area contributed by atoms with Gasteiger partial charge in [0.2, 0.25) is 5.91 Å². The van der Waals surface area contributed by atoms with Gasteiger partial charge in [0, 0.05) is 25.9 Å². The number of hydrogen-bond donors (Lipinski definition) is 1. The third kappa shape index (κ3) is 5.64. The van der Waals surface area contributed by atoms with Crippen molar-refractivity contribution in [2.75, 3.05) is 19.0 Å². The number of hydrogen-bond acceptors (Lipinski definition) is 6. The van der Waals surface area contributed by atoms with Crippen molar-refractivity contribution in [3.8, 4) is 0 Å². The summed E-state index contributed by atoms with van der Waals surface area (Å²) >= 11 is 1.08. The van der Waals surface area contributed by atoms with E-state index < -0.39 is 18.5 Å². The number of likely N-dealkylation sites (N-methyl/N-ethyl adjacent to an activating group) is 1. The standard InChI is InChI=1S/C16H16FN3O4S/c1-10(21)18-16-19-13(9-25-16)15(23)24-8-14(22)20(2)7-11-4-3-5-12(17)6-11/h3-6,9H,7-8H2,1-2H3,(H,18,19,21). The highest BCUT2D eigenvalue weighted by Gasteiger charge is 2.16. The molecule has 0 bridgehead atoms. The molecule has 1 N–H and O–H groups in total. The summed E-state index contributed by atoms with van der Waals surface area (Å²) in [6.07, 6.45) is 0. The summed E-state index contributed by atoms with van der Waals surface area (Å²) in [7, 11) is 1.53. The minimum absolute atomic E-state index is 0.00864. The van der Waals surface area contributed by atoms with Crippen molar-refractivity contribution in [1.29, 1.82) is 0 Å². The molecule has 2 rings (SSSR count). The first-order chi connectivity index (χ1) is 11.8. The molecule has 9 heteroatoms. The van der Waals surface area contributed by atoms with Crippen LogP contribution in [0.25, 0.3) is 0 Å². The number of carbonyl (C=O) groups is 3. The Balaban J connectivity index is 1.85. The normalized spacial score (nSPS) is 10.2. The third-order valence-corrected chi connectivity index (χ3v) is 3.82. The van der Waals surface area contributed by atoms with Gasteiger partial charge in [0.15, 0.2) is 17.4 Å². The van der Waals surface area contributed by atoms with Gasteiger partial charge in [-0.05, 0) is 17.7 Å². The molecule has 1 aromatic heterocycles. The van der Waals surface area contributed by atoms with Gasteiger partial charge in [-0.15, -0.1) is 11.3 Å². The van der Waals surface area contributed by atoms with E-state index in [2.05, 4.69) is 10.3 Å². The summed E-state index contributed by atoms with van der Waals surface area (Å²) < 4.78 is 18.1. The van der Waals surface area contributed by atoms with Crippen LogP contribution in [0.3, 0.4) is 0 Å². The molecule has 1 heterocycles. The summed E-state index contributed by atoms with van der Waals surface area (Å²) in [5, 5.41) is 4.15. The zero-order chi connectivity index (χ0) is 18.4. The number of aromatic nitrogens is 1. The number of benzene rings is 1. The molecule has 0 aliphatic heterocycles. The molecule has 0 atom stereocenters. The van der Waals surface area contributed by atoms with Gasteiger partial charge in [0.25, 0.3) is 5.91 Å². The molecule has 0 unspecified atom stereocenters. The van der Waals surface area contributed by atoms with Crippen LogP contribution in [-0.2, 0) is 20.9 Å². The van der Waals surface area contributed by atoms with Crippen molar-refractivity contribution < 1.29 is 23.5 Å². The minimum Gasteiger partial charge on any atom is -0.451 e. The van der Waals surface area contributed by atoms with Gasteiger partial charge in [-0.25, -0.2) is 14.2 Å². The highest BCUT2D eigenvalue weighted by atomic mass is 32.1. The van der Waals surface area contributed by atoms with Crippen molar-refractivity contribution in [2.24, 2.45) is 0 Å². The van der Waals surface area contributed by atoms with E-state index >= 15 is 0 Å². The van der Waals surface area contributed by atoms with Crippen molar-refractivity contribution in [2.45, 2.75) is 13.5 Å². The molecule has 0 spiro atoms. The molecule has 0 radical (unpaired) electrons. The Labute approximate surface area is 147 Å². The molecule has 2 aromatic rings. The number of ether oxygens (including phenoxy) is 1. The van der Waals surface area contributed by atoms with E-state index in [1.807, 2.05) is 0 Å². The predicted octanol–water partition coefficient (Wildman–Crippen LogP) is 2.06. The van der Waals surface area contributed by atoms with Gasteiger partial charge >= 0.3 is 5.97 Å². The van der Waals surface area contributed by atoms with Gasteiger partial charge < -0.3 is 15.0 Å². The summed E-state index contributed by atoms with van der Waals surface area (Å²) in [5.74, 6) is -1.89. The largest absolute Gasteiger partial charge is 0.451 e. The zero-order valence-corrected chi connectivity index (χ0v) is 14.4. The second-order valence-corrected chi connectivity index (χ2v) is 6.03. The van der Waals surface area contributed by atoms with Crippen molar-refractivity contribution >= 4 is 34.3 Å². The van der Waals surface area contributed by atoms with E-state index in [1.54, 1.807) is 12.1 Å². The van der Waals surface area contributed by atoms with E-state index in [4.69, 9.17) is 4.74 Å². The maximum Gasteiger partial charge on any atom is 0.358 e. The molecule has 0 aliphatic carbocycles. The molecular weight excluding hydrogens is 349 g/mol. The van der Waals surface area contributed by atoms with E-state index in [9.17, 15) is 18.8 Å². The van der Waals surface area contributed by atoms with Crippen LogP contribution >= 0.6 is 11.3 Å². The maximum absolute atomic E-state index is 13.1. The summed E-state index contributed by atoms with van der Waals surface area (Å²) in [6, 6.07) is 5.89. The molecule has 0 fully saturated rings. The summed E-state index contributed by atoms with van der Waals surface area (Å²) in [4.78, 5) is 40.0. The number of nitrogens with one attached hydrogen (secondary N) is 1. The Morgan fingerprint density at radius 3 is 2.80 bits per heavy atom. The van der Waals surface area contributed by atoms with Gasteiger partial charge in [-0.2, -0.15) is 0 Å². The van der Waals surface area contributed by atoms with Crippen molar-refractivity contribution in [3.63, 3.8) is 0 Å². The second-order valence-electron chi connectivity index (χ2n) is 5.17. The molecule has 1 aromatic carbocycles. The Morgan fingerprint density at radius 1 is 1.36 bits per heavy atom. The number of thiazole rings is 1. The third-order valence-electron chi connectivity index (χ3n) is 3.06. The Hall–Kier alpha value is -2.81. The first kappa shape index (κ1) is 18.5. The topological polar surface area (TPSA) is 88.6 Å². The summed E-state index contributed by atoms with van der Waals surface area (Å²) in [6.45, 7) is 1.06. The van der Waals surface area contributed by atoms with Crippen LogP contribution in [0.15, 0.2) is 29.6 Å². The number of rotatable bonds is 6. The molecule has 2 amide bonds. The number of carbonyl (C=O) groups excluding carboxylic acids is 3. The summed E-state index contributed by atoms with van der Waals surface area (Å²) in [5.41, 5.74) is 0.635. The van der Waals surface area contributed by atoms with Crippen LogP contribution < -0.4 is 5.32 Å². The number of halogens is 1. The lowest BCUT2D eigenvalue weighted by Crippen LogP contribution is -2.30. The van der Waals surface area contributed by atoms with E-state index in [-0.39, 0.29) is 29.1 Å². The van der Waals surface area contributed by atoms with Gasteiger partial charge in [0.1, 0.15) is 5.82 Å². The molecule has 0 saturated heterocycles. The minimum atomic E-state index is -0.764. The Kier molecular flexibility index (Phi) is 6.18. The fraction of sp³-hybridized carbons (Fsp3) is 0.250. The van der Waals surface area contributed by atoms with Gasteiger partial charge in [0.05, 0.1) is 0 Å². The molecule has 7 nitrogen and oxygen atoms in total. The monoisotopic (exact) mass is 365 g/mol. The first-order valence-electron chi connectivity index (χ1n) is 7.24. The first-order valence-corrected chi connectivity index (χ1v) is 8.12. The van der Waals surface area contributed by atoms with E-state index in [0.29, 0.717) is 5.56 Å². The van der Waals surface area contributed by atoms with E-state index in [0.717, 1.165) is 11.3 Å². The fourth-order valence-electron chi connectivity index (χ4n) is 1.88. The SMILES string of the molecule is CC(=O)Nc1nc(C(=O)OCC(=O)N(C)Cc2cccc(F)c2)cs1. The molecular formula is C16H16FN3O4S. The average Bonchev–Trinajstić information content (AvgIpc) is 3.00. The van der Waals surface area contributed by atoms with Crippen LogP contribution in [0, 0.1) is 5.82 Å². The number of anilines is 1. The maximum atomic E-state index is 13.1. The number of esters is 1. The lowest BCUT2D eigenvalue weighted by molar-refractivity contribution is -0.133. The fourth-order valence-corrected chi connectivity index (χ4v) is 2.61. The van der Waals surface area contributed by atoms with E-state index in [1.165, 1.54) is 36.4 Å². The molecule has 132 valence electrons. The van der Waals surface area contributed by atoms with Crippen LogP contribution in [0.5, 0.6) is 0 Å². The lowest BCUT2D eigenvalue weighted by Gasteiger charge is -2.17.